The second-order valence-electron chi connectivity index (χ2n) is 7.01. The average Bonchev–Trinajstić information content (AvgIpc) is 3.28. The van der Waals surface area contributed by atoms with Crippen molar-refractivity contribution in [1.29, 1.82) is 0 Å². The van der Waals surface area contributed by atoms with Gasteiger partial charge >= 0.3 is 0 Å². The van der Waals surface area contributed by atoms with Crippen LogP contribution < -0.4 is 5.32 Å². The van der Waals surface area contributed by atoms with Crippen LogP contribution in [0.1, 0.15) is 18.4 Å². The largest absolute Gasteiger partial charge is 0.352 e. The van der Waals surface area contributed by atoms with E-state index < -0.39 is 10.0 Å². The number of nitrogens with zero attached hydrogens (tertiary/aromatic N) is 1. The number of sulfonamides is 1. The second-order valence-corrected chi connectivity index (χ2v) is 10.1. The predicted molar refractivity (Wildman–Crippen MR) is 112 cm³/mol. The lowest BCUT2D eigenvalue weighted by Crippen LogP contribution is -2.42. The van der Waals surface area contributed by atoms with Gasteiger partial charge in [0.2, 0.25) is 5.91 Å². The van der Waals surface area contributed by atoms with Gasteiger partial charge in [-0.3, -0.25) is 4.79 Å². The van der Waals surface area contributed by atoms with Crippen molar-refractivity contribution in [1.82, 2.24) is 9.62 Å². The van der Waals surface area contributed by atoms with Crippen molar-refractivity contribution in [3.05, 3.63) is 65.5 Å². The van der Waals surface area contributed by atoms with Gasteiger partial charge in [0.05, 0.1) is 0 Å². The summed E-state index contributed by atoms with van der Waals surface area (Å²) in [7, 11) is -3.42. The highest BCUT2D eigenvalue weighted by Gasteiger charge is 2.32. The Bertz CT molecular complexity index is 1070. The van der Waals surface area contributed by atoms with Crippen LogP contribution in [0.3, 0.4) is 0 Å². The van der Waals surface area contributed by atoms with Gasteiger partial charge in [-0.2, -0.15) is 4.31 Å². The maximum absolute atomic E-state index is 12.6. The molecule has 0 spiro atoms. The van der Waals surface area contributed by atoms with Gasteiger partial charge in [0.25, 0.3) is 10.0 Å². The van der Waals surface area contributed by atoms with Crippen molar-refractivity contribution in [2.45, 2.75) is 23.6 Å². The van der Waals surface area contributed by atoms with Crippen molar-refractivity contribution in [2.75, 3.05) is 13.1 Å². The molecule has 0 radical (unpaired) electrons. The molecule has 2 heterocycles. The molecule has 1 aromatic heterocycles. The molecule has 28 heavy (non-hydrogen) atoms. The number of carbonyl (C=O) groups excluding carboxylic acids is 1. The number of benzene rings is 2. The van der Waals surface area contributed by atoms with Crippen LogP contribution in [0.25, 0.3) is 10.8 Å². The molecule has 1 aliphatic rings. The number of piperidine rings is 1. The minimum absolute atomic E-state index is 0.00123. The SMILES string of the molecule is O=C(NCc1ccc2ccccc2c1)C1CCN(S(=O)(=O)c2cccs2)CC1. The van der Waals surface area contributed by atoms with Crippen LogP contribution in [0, 0.1) is 5.92 Å². The molecule has 0 saturated carbocycles. The minimum atomic E-state index is -3.42. The van der Waals surface area contributed by atoms with Gasteiger partial charge in [0.15, 0.2) is 0 Å². The first-order chi connectivity index (χ1) is 13.5. The van der Waals surface area contributed by atoms with Gasteiger partial charge in [-0.15, -0.1) is 11.3 Å². The van der Waals surface area contributed by atoms with Crippen LogP contribution in [0.4, 0.5) is 0 Å². The third-order valence-corrected chi connectivity index (χ3v) is 8.47. The zero-order valence-corrected chi connectivity index (χ0v) is 17.0. The Balaban J connectivity index is 1.32. The standard InChI is InChI=1S/C21H22N2O3S2/c24-21(22-15-16-7-8-17-4-1-2-5-19(17)14-16)18-9-11-23(12-10-18)28(25,26)20-6-3-13-27-20/h1-8,13-14,18H,9-12,15H2,(H,22,24). The third kappa shape index (κ3) is 3.97. The second kappa shape index (κ2) is 8.03. The van der Waals surface area contributed by atoms with Crippen LogP contribution >= 0.6 is 11.3 Å². The molecule has 5 nitrogen and oxygen atoms in total. The summed E-state index contributed by atoms with van der Waals surface area (Å²) in [6.07, 6.45) is 1.10. The number of rotatable bonds is 5. The summed E-state index contributed by atoms with van der Waals surface area (Å²) < 4.78 is 27.0. The Morgan fingerprint density at radius 3 is 2.50 bits per heavy atom. The molecule has 1 saturated heterocycles. The van der Waals surface area contributed by atoms with Crippen LogP contribution in [0.5, 0.6) is 0 Å². The maximum Gasteiger partial charge on any atom is 0.252 e. The van der Waals surface area contributed by atoms with Crippen molar-refractivity contribution < 1.29 is 13.2 Å². The van der Waals surface area contributed by atoms with Gasteiger partial charge in [-0.1, -0.05) is 42.5 Å². The van der Waals surface area contributed by atoms with E-state index >= 15 is 0 Å². The lowest BCUT2D eigenvalue weighted by Gasteiger charge is -2.30. The highest BCUT2D eigenvalue weighted by Crippen LogP contribution is 2.26. The first kappa shape index (κ1) is 19.1. The van der Waals surface area contributed by atoms with Gasteiger partial charge in [-0.25, -0.2) is 8.42 Å². The molecule has 1 amide bonds. The Kier molecular flexibility index (Phi) is 5.48. The van der Waals surface area contributed by atoms with Crippen molar-refractivity contribution in [3.8, 4) is 0 Å². The van der Waals surface area contributed by atoms with E-state index in [1.54, 1.807) is 17.5 Å². The zero-order valence-electron chi connectivity index (χ0n) is 15.4. The number of thiophene rings is 1. The highest BCUT2D eigenvalue weighted by molar-refractivity contribution is 7.91. The molecule has 1 aliphatic heterocycles. The monoisotopic (exact) mass is 414 g/mol. The molecule has 0 aliphatic carbocycles. The molecule has 0 bridgehead atoms. The Morgan fingerprint density at radius 2 is 1.79 bits per heavy atom. The molecule has 3 aromatic rings. The summed E-state index contributed by atoms with van der Waals surface area (Å²) >= 11 is 1.23. The van der Waals surface area contributed by atoms with Crippen LogP contribution in [0.2, 0.25) is 0 Å². The number of carbonyl (C=O) groups is 1. The van der Waals surface area contributed by atoms with E-state index in [2.05, 4.69) is 29.6 Å². The number of nitrogens with one attached hydrogen (secondary N) is 1. The molecule has 2 aromatic carbocycles. The Hall–Kier alpha value is -2.22. The highest BCUT2D eigenvalue weighted by atomic mass is 32.2. The van der Waals surface area contributed by atoms with E-state index in [1.165, 1.54) is 21.0 Å². The summed E-state index contributed by atoms with van der Waals surface area (Å²) in [6, 6.07) is 17.7. The Labute approximate surface area is 169 Å². The van der Waals surface area contributed by atoms with Gasteiger partial charge in [-0.05, 0) is 46.7 Å². The van der Waals surface area contributed by atoms with E-state index in [4.69, 9.17) is 0 Å². The molecule has 4 rings (SSSR count). The first-order valence-corrected chi connectivity index (χ1v) is 11.6. The fraction of sp³-hybridized carbons (Fsp3) is 0.286. The molecule has 0 atom stereocenters. The quantitative estimate of drug-likeness (QED) is 0.693. The van der Waals surface area contributed by atoms with Crippen molar-refractivity contribution in [2.24, 2.45) is 5.92 Å². The minimum Gasteiger partial charge on any atom is -0.352 e. The topological polar surface area (TPSA) is 66.5 Å². The van der Waals surface area contributed by atoms with Crippen LogP contribution in [-0.2, 0) is 21.4 Å². The summed E-state index contributed by atoms with van der Waals surface area (Å²) in [5, 5.41) is 7.11. The van der Waals surface area contributed by atoms with E-state index in [0.29, 0.717) is 36.7 Å². The molecule has 1 fully saturated rings. The smallest absolute Gasteiger partial charge is 0.252 e. The molecule has 146 valence electrons. The fourth-order valence-electron chi connectivity index (χ4n) is 3.58. The van der Waals surface area contributed by atoms with E-state index in [1.807, 2.05) is 18.2 Å². The molecular weight excluding hydrogens is 392 g/mol. The molecular formula is C21H22N2O3S2. The van der Waals surface area contributed by atoms with E-state index in [9.17, 15) is 13.2 Å². The maximum atomic E-state index is 12.6. The summed E-state index contributed by atoms with van der Waals surface area (Å²) in [5.74, 6) is -0.142. The number of fused-ring (bicyclic) bond motifs is 1. The number of hydrogen-bond acceptors (Lipinski definition) is 4. The fourth-order valence-corrected chi connectivity index (χ4v) is 6.19. The summed E-state index contributed by atoms with van der Waals surface area (Å²) in [5.41, 5.74) is 1.06. The van der Waals surface area contributed by atoms with Crippen molar-refractivity contribution in [3.63, 3.8) is 0 Å². The summed E-state index contributed by atoms with van der Waals surface area (Å²) in [6.45, 7) is 1.25. The molecule has 1 N–H and O–H groups in total. The first-order valence-electron chi connectivity index (χ1n) is 9.33. The third-order valence-electron chi connectivity index (χ3n) is 5.19. The van der Waals surface area contributed by atoms with Crippen LogP contribution in [-0.4, -0.2) is 31.7 Å². The molecule has 7 heteroatoms. The van der Waals surface area contributed by atoms with Crippen molar-refractivity contribution >= 4 is 38.0 Å². The van der Waals surface area contributed by atoms with E-state index in [0.717, 1.165) is 10.9 Å². The lowest BCUT2D eigenvalue weighted by atomic mass is 9.97. The Morgan fingerprint density at radius 1 is 1.04 bits per heavy atom. The number of hydrogen-bond donors (Lipinski definition) is 1. The lowest BCUT2D eigenvalue weighted by molar-refractivity contribution is -0.126. The van der Waals surface area contributed by atoms with Gasteiger partial charge in [0, 0.05) is 25.6 Å². The van der Waals surface area contributed by atoms with Gasteiger partial charge in [0.1, 0.15) is 4.21 Å². The van der Waals surface area contributed by atoms with E-state index in [-0.39, 0.29) is 11.8 Å². The molecule has 0 unspecified atom stereocenters. The van der Waals surface area contributed by atoms with Gasteiger partial charge < -0.3 is 5.32 Å². The van der Waals surface area contributed by atoms with Crippen LogP contribution in [0.15, 0.2) is 64.2 Å². The number of amides is 1. The predicted octanol–water partition coefficient (Wildman–Crippen LogP) is 3.62. The average molecular weight is 415 g/mol. The zero-order chi connectivity index (χ0) is 19.6. The normalized spacial score (nSPS) is 16.3. The summed E-state index contributed by atoms with van der Waals surface area (Å²) in [4.78, 5) is 12.5.